The number of pyridine rings is 2. The average molecular weight is 1230 g/mol. The Morgan fingerprint density at radius 3 is 1.69 bits per heavy atom. The number of thiazole rings is 2. The van der Waals surface area contributed by atoms with E-state index in [1.165, 1.54) is 78.6 Å². The molecule has 1 aliphatic heterocycles. The van der Waals surface area contributed by atoms with E-state index in [1.807, 2.05) is 23.0 Å². The predicted octanol–water partition coefficient (Wildman–Crippen LogP) is 9.87. The van der Waals surface area contributed by atoms with Crippen LogP contribution in [0.2, 0.25) is 14.8 Å². The molecule has 4 aromatic carbocycles. The first kappa shape index (κ1) is 51.7. The first-order valence-corrected chi connectivity index (χ1v) is 37.5. The third-order valence-electron chi connectivity index (χ3n) is 11.3. The molecule has 0 saturated heterocycles. The molecule has 3 amide bonds. The van der Waals surface area contributed by atoms with Gasteiger partial charge >= 0.3 is 70.1 Å². The molecule has 0 saturated carbocycles. The van der Waals surface area contributed by atoms with Crippen LogP contribution in [0.5, 0.6) is 0 Å². The van der Waals surface area contributed by atoms with Gasteiger partial charge in [0.2, 0.25) is 0 Å². The number of hydrogen-bond acceptors (Lipinski definition) is 14. The SMILES string of the molecule is O=C(O)c1ccccc1C(=O)Nc1cnc2c(c1)c(-c1cncs1)cn2S(=O)(=O)c1ccccc1.O=C1c2ccccc2C(=O)N1c1cnc2c(c1)c(Br)cn2S(=O)(=O)c1ccccc1.[CH3][Sn]([CH3])([CH3])[c]1cncs1. The number of fused-ring (bicyclic) bond motifs is 3. The van der Waals surface area contributed by atoms with Crippen LogP contribution in [0.4, 0.5) is 11.4 Å². The number of rotatable bonds is 10. The van der Waals surface area contributed by atoms with Gasteiger partial charge in [0.05, 0.1) is 66.2 Å². The number of amides is 3. The summed E-state index contributed by atoms with van der Waals surface area (Å²) in [5, 5.41) is 13.0. The standard InChI is InChI=1S/C24H16N4O5S2.C21H12BrN3O4S.C3H2NS.3CH3.Sn/c29-23(17-8-4-5-9-18(17)24(30)31)27-15-10-19-20(21-12-25-14-34-21)13-28(22(19)26-11-15)35(32,33)16-6-2-1-3-7-16;22-18-12-24(30(28,29)14-6-2-1-3-7-14)19-17(18)10-13(11-23-19)25-20(26)15-8-4-5-9-16(15)21(25)27;1-2-5-3-4-1;;;;/h1-14H,(H,27,29)(H,30,31);1-12H;1,3H;3*1H3;. The van der Waals surface area contributed by atoms with Crippen LogP contribution in [0.1, 0.15) is 41.4 Å². The van der Waals surface area contributed by atoms with Crippen molar-refractivity contribution in [1.29, 1.82) is 0 Å². The summed E-state index contributed by atoms with van der Waals surface area (Å²) >= 11 is 4.82. The van der Waals surface area contributed by atoms with E-state index in [4.69, 9.17) is 0 Å². The van der Waals surface area contributed by atoms with Crippen molar-refractivity contribution in [2.45, 2.75) is 24.6 Å². The molecule has 11 rings (SSSR count). The molecule has 17 nitrogen and oxygen atoms in total. The summed E-state index contributed by atoms with van der Waals surface area (Å²) in [5.41, 5.74) is 5.56. The Hall–Kier alpha value is -7.22. The average Bonchev–Trinajstić information content (AvgIpc) is 4.27. The Morgan fingerprint density at radius 1 is 0.622 bits per heavy atom. The number of aromatic nitrogens is 6. The van der Waals surface area contributed by atoms with Gasteiger partial charge in [0.25, 0.3) is 37.8 Å². The number of aromatic carboxylic acids is 1. The fourth-order valence-corrected chi connectivity index (χ4v) is 17.2. The third-order valence-corrected chi connectivity index (χ3v) is 26.4. The van der Waals surface area contributed by atoms with Crippen molar-refractivity contribution in [3.05, 3.63) is 196 Å². The molecule has 0 aliphatic carbocycles. The normalized spacial score (nSPS) is 12.5. The van der Waals surface area contributed by atoms with Crippen LogP contribution in [0.15, 0.2) is 184 Å². The molecule has 74 heavy (non-hydrogen) atoms. The van der Waals surface area contributed by atoms with Crippen LogP contribution in [-0.2, 0) is 20.0 Å². The van der Waals surface area contributed by atoms with Crippen molar-refractivity contribution in [3.8, 4) is 10.4 Å². The van der Waals surface area contributed by atoms with Crippen LogP contribution >= 0.6 is 38.6 Å². The first-order valence-electron chi connectivity index (χ1n) is 22.0. The molecule has 10 aromatic rings. The van der Waals surface area contributed by atoms with E-state index in [0.29, 0.717) is 31.9 Å². The molecule has 6 aromatic heterocycles. The van der Waals surface area contributed by atoms with Crippen LogP contribution in [0.25, 0.3) is 32.5 Å². The Balaban J connectivity index is 0.000000157. The minimum absolute atomic E-state index is 0.00740. The van der Waals surface area contributed by atoms with Crippen molar-refractivity contribution in [2.24, 2.45) is 0 Å². The number of anilines is 2. The van der Waals surface area contributed by atoms with Crippen molar-refractivity contribution >= 4 is 137 Å². The van der Waals surface area contributed by atoms with Gasteiger partial charge in [-0.05, 0) is 76.6 Å². The summed E-state index contributed by atoms with van der Waals surface area (Å²) < 4.78 is 57.0. The monoisotopic (exact) mass is 1230 g/mol. The van der Waals surface area contributed by atoms with Gasteiger partial charge in [0.1, 0.15) is 0 Å². The van der Waals surface area contributed by atoms with Crippen LogP contribution in [0.3, 0.4) is 0 Å². The van der Waals surface area contributed by atoms with Gasteiger partial charge in [-0.1, -0.05) is 60.7 Å². The van der Waals surface area contributed by atoms with Gasteiger partial charge in [-0.2, -0.15) is 0 Å². The zero-order valence-electron chi connectivity index (χ0n) is 39.0. The summed E-state index contributed by atoms with van der Waals surface area (Å²) in [7, 11) is -7.81. The maximum absolute atomic E-state index is 13.4. The van der Waals surface area contributed by atoms with Gasteiger partial charge in [-0.15, -0.1) is 11.3 Å². The fourth-order valence-electron chi connectivity index (χ4n) is 7.70. The number of carboxylic acids is 1. The molecule has 0 radical (unpaired) electrons. The summed E-state index contributed by atoms with van der Waals surface area (Å²) in [5.74, 6) is -2.73. The van der Waals surface area contributed by atoms with Gasteiger partial charge in [0.15, 0.2) is 11.3 Å². The Morgan fingerprint density at radius 2 is 1.15 bits per heavy atom. The summed E-state index contributed by atoms with van der Waals surface area (Å²) in [6, 6.07) is 31.6. The molecule has 0 unspecified atom stereocenters. The number of carbonyl (C=O) groups is 4. The summed E-state index contributed by atoms with van der Waals surface area (Å²) in [6.45, 7) is 0. The topological polar surface area (TPSA) is 233 Å². The van der Waals surface area contributed by atoms with Crippen molar-refractivity contribution in [2.75, 3.05) is 10.2 Å². The number of nitrogens with one attached hydrogen (secondary N) is 1. The van der Waals surface area contributed by atoms with Crippen LogP contribution < -0.4 is 13.1 Å². The number of nitrogens with zero attached hydrogens (tertiary/aromatic N) is 7. The third kappa shape index (κ3) is 10.2. The maximum atomic E-state index is 13.4. The second-order valence-corrected chi connectivity index (χ2v) is 38.9. The molecule has 23 heteroatoms. The second-order valence-electron chi connectivity index (χ2n) is 17.2. The number of carboxylic acid groups (broad SMARTS) is 1. The van der Waals surface area contributed by atoms with Crippen LogP contribution in [0, 0.1) is 0 Å². The van der Waals surface area contributed by atoms with Crippen LogP contribution in [-0.4, -0.2) is 91.9 Å². The molecule has 1 aliphatic rings. The zero-order chi connectivity index (χ0) is 52.5. The molecule has 2 N–H and O–H groups in total. The molecule has 372 valence electrons. The van der Waals surface area contributed by atoms with Gasteiger partial charge in [-0.25, -0.2) is 44.4 Å². The van der Waals surface area contributed by atoms with E-state index in [9.17, 15) is 41.1 Å². The molecule has 7 heterocycles. The molecular formula is C51H39BrN8O9S4Sn. The van der Waals surface area contributed by atoms with E-state index in [0.717, 1.165) is 17.7 Å². The summed E-state index contributed by atoms with van der Waals surface area (Å²) in [6.07, 6.45) is 9.20. The predicted molar refractivity (Wildman–Crippen MR) is 290 cm³/mol. The molecule has 0 atom stereocenters. The quantitative estimate of drug-likeness (QED) is 0.0960. The van der Waals surface area contributed by atoms with Crippen molar-refractivity contribution in [1.82, 2.24) is 27.9 Å². The number of imide groups is 1. The van der Waals surface area contributed by atoms with Crippen molar-refractivity contribution in [3.63, 3.8) is 0 Å². The summed E-state index contributed by atoms with van der Waals surface area (Å²) in [4.78, 5) is 75.8. The Kier molecular flexibility index (Phi) is 14.6. The molecule has 0 bridgehead atoms. The molecular weight excluding hydrogens is 1200 g/mol. The zero-order valence-corrected chi connectivity index (χ0v) is 46.7. The van der Waals surface area contributed by atoms with E-state index in [-0.39, 0.29) is 43.6 Å². The molecule has 0 spiro atoms. The van der Waals surface area contributed by atoms with Gasteiger partial charge in [-0.3, -0.25) is 19.4 Å². The van der Waals surface area contributed by atoms with E-state index in [2.05, 4.69) is 56.0 Å². The van der Waals surface area contributed by atoms with Gasteiger partial charge < -0.3 is 10.4 Å². The fraction of sp³-hybridized carbons (Fsp3) is 0.0588. The number of carbonyl (C=O) groups excluding carboxylic acids is 3. The first-order chi connectivity index (χ1) is 35.4. The van der Waals surface area contributed by atoms with E-state index in [1.54, 1.807) is 93.5 Å². The minimum atomic E-state index is -3.94. The Bertz CT molecular complexity index is 3980. The van der Waals surface area contributed by atoms with E-state index >= 15 is 0 Å². The number of halogens is 1. The van der Waals surface area contributed by atoms with Gasteiger partial charge in [0, 0.05) is 39.4 Å². The van der Waals surface area contributed by atoms with Crippen molar-refractivity contribution < 1.29 is 41.1 Å². The van der Waals surface area contributed by atoms with E-state index < -0.39 is 62.1 Å². The Labute approximate surface area is 444 Å². The molecule has 0 fully saturated rings. The second kappa shape index (κ2) is 21.0. The number of hydrogen-bond donors (Lipinski definition) is 2. The number of benzene rings is 4.